The number of carbonyl (C=O) groups is 1. The number of fused-ring (bicyclic) bond motifs is 1. The molecule has 0 radical (unpaired) electrons. The van der Waals surface area contributed by atoms with Crippen molar-refractivity contribution in [2.75, 3.05) is 6.61 Å². The van der Waals surface area contributed by atoms with E-state index in [-0.39, 0.29) is 20.5 Å². The Morgan fingerprint density at radius 1 is 0.867 bits per heavy atom. The molecule has 11 heteroatoms. The summed E-state index contributed by atoms with van der Waals surface area (Å²) < 4.78 is 7.63. The fourth-order valence-corrected chi connectivity index (χ4v) is 13.7. The third-order valence-corrected chi connectivity index (χ3v) is 17.7. The van der Waals surface area contributed by atoms with E-state index < -0.39 is 19.9 Å². The van der Waals surface area contributed by atoms with Crippen LogP contribution in [0.3, 0.4) is 0 Å². The predicted octanol–water partition coefficient (Wildman–Crippen LogP) is 9.02. The van der Waals surface area contributed by atoms with Gasteiger partial charge in [-0.2, -0.15) is 0 Å². The van der Waals surface area contributed by atoms with E-state index in [0.717, 1.165) is 22.0 Å². The van der Waals surface area contributed by atoms with Crippen LogP contribution in [0.2, 0.25) is 30.7 Å². The van der Waals surface area contributed by atoms with Crippen molar-refractivity contribution in [3.05, 3.63) is 130 Å². The Balaban J connectivity index is 1.59. The second-order valence-corrected chi connectivity index (χ2v) is 24.9. The van der Waals surface area contributed by atoms with Gasteiger partial charge >= 0.3 is 259 Å². The standard InChI is InChI=1S/C34H34Cl4N3O2PSi/c1-45(2,3)22-21-43-24-41-20-19-28-30(35)29(23-39-32(28)41)33(42)40-34(31(36)37)44(38,25-13-7-4-8-14-25,26-15-9-5-10-16-26)27-17-11-6-12-18-27/h4-20,23H,21-22,24H2,1-3H3,(H,40,42). The van der Waals surface area contributed by atoms with Gasteiger partial charge in [-0.25, -0.2) is 0 Å². The fraction of sp³-hybridized carbons (Fsp3) is 0.176. The maximum atomic E-state index is 14.2. The number of amides is 1. The number of rotatable bonds is 11. The number of hydrogen-bond acceptors (Lipinski definition) is 3. The minimum absolute atomic E-state index is 0.157. The van der Waals surface area contributed by atoms with E-state index in [9.17, 15) is 4.79 Å². The number of pyridine rings is 1. The van der Waals surface area contributed by atoms with Crippen molar-refractivity contribution in [1.29, 1.82) is 0 Å². The molecule has 0 atom stereocenters. The Bertz CT molecular complexity index is 1740. The quantitative estimate of drug-likeness (QED) is 0.0844. The number of nitrogens with zero attached hydrogens (tertiary/aromatic N) is 2. The molecule has 2 aromatic heterocycles. The van der Waals surface area contributed by atoms with Crippen LogP contribution < -0.4 is 21.2 Å². The number of nitrogens with one attached hydrogen (secondary N) is 1. The number of ether oxygens (including phenoxy) is 1. The van der Waals surface area contributed by atoms with Gasteiger partial charge in [-0.3, -0.25) is 0 Å². The molecule has 0 aliphatic rings. The number of halogens is 4. The fourth-order valence-electron chi connectivity index (χ4n) is 5.35. The summed E-state index contributed by atoms with van der Waals surface area (Å²) in [5, 5.41) is 6.16. The predicted molar refractivity (Wildman–Crippen MR) is 196 cm³/mol. The second-order valence-electron chi connectivity index (χ2n) is 11.9. The first kappa shape index (κ1) is 33.7. The van der Waals surface area contributed by atoms with Crippen LogP contribution in [0, 0.1) is 0 Å². The first-order valence-electron chi connectivity index (χ1n) is 14.4. The number of benzene rings is 3. The van der Waals surface area contributed by atoms with Crippen LogP contribution >= 0.6 is 52.0 Å². The van der Waals surface area contributed by atoms with Crippen LogP contribution in [0.25, 0.3) is 11.0 Å². The maximum absolute atomic E-state index is 14.2. The van der Waals surface area contributed by atoms with Crippen LogP contribution in [0.1, 0.15) is 10.4 Å². The van der Waals surface area contributed by atoms with Gasteiger partial charge in [0.1, 0.15) is 0 Å². The first-order valence-corrected chi connectivity index (χ1v) is 22.4. The molecule has 3 aromatic carbocycles. The van der Waals surface area contributed by atoms with Crippen LogP contribution in [-0.4, -0.2) is 30.1 Å². The van der Waals surface area contributed by atoms with Crippen LogP contribution in [0.5, 0.6) is 0 Å². The average Bonchev–Trinajstić information content (AvgIpc) is 3.46. The third-order valence-electron chi connectivity index (χ3n) is 7.75. The van der Waals surface area contributed by atoms with Gasteiger partial charge in [0, 0.05) is 8.07 Å². The van der Waals surface area contributed by atoms with E-state index in [2.05, 4.69) is 29.9 Å². The molecule has 5 nitrogen and oxygen atoms in total. The van der Waals surface area contributed by atoms with Crippen LogP contribution in [-0.2, 0) is 11.5 Å². The molecule has 234 valence electrons. The topological polar surface area (TPSA) is 56.1 Å². The summed E-state index contributed by atoms with van der Waals surface area (Å²) in [5.41, 5.74) is 0.958. The van der Waals surface area contributed by atoms with Crippen molar-refractivity contribution < 1.29 is 9.53 Å². The SMILES string of the molecule is C[Si](C)(C)CCOCn1ccc2c(Cl)c(C(=O)NC(=C(Cl)Cl)P(Cl)(c3ccccc3)(c3ccccc3)c3ccccc3)cnc21. The third kappa shape index (κ3) is 6.48. The van der Waals surface area contributed by atoms with Gasteiger partial charge < -0.3 is 0 Å². The molecule has 0 fully saturated rings. The molecular formula is C34H34Cl4N3O2PSi. The summed E-state index contributed by atoms with van der Waals surface area (Å²) in [6.07, 6.45) is 3.31. The van der Waals surface area contributed by atoms with Crippen molar-refractivity contribution in [3.8, 4) is 0 Å². The van der Waals surface area contributed by atoms with Crippen molar-refractivity contribution in [2.24, 2.45) is 0 Å². The molecule has 0 saturated carbocycles. The molecule has 0 saturated heterocycles. The van der Waals surface area contributed by atoms with E-state index in [1.54, 1.807) is 0 Å². The molecule has 1 N–H and O–H groups in total. The molecule has 0 aliphatic heterocycles. The normalized spacial score (nSPS) is 12.8. The molecule has 2 heterocycles. The molecule has 1 amide bonds. The Morgan fingerprint density at radius 2 is 1.38 bits per heavy atom. The Hall–Kier alpha value is -2.67. The van der Waals surface area contributed by atoms with Crippen LogP contribution in [0.15, 0.2) is 119 Å². The van der Waals surface area contributed by atoms with E-state index in [4.69, 9.17) is 50.8 Å². The molecule has 0 spiro atoms. The summed E-state index contributed by atoms with van der Waals surface area (Å²) in [4.78, 5) is 18.8. The van der Waals surface area contributed by atoms with Gasteiger partial charge in [-0.05, 0) is 0 Å². The molecule has 0 unspecified atom stereocenters. The Labute approximate surface area is 284 Å². The summed E-state index contributed by atoms with van der Waals surface area (Å²) in [7, 11) is -1.21. The molecule has 5 rings (SSSR count). The van der Waals surface area contributed by atoms with Crippen LogP contribution in [0.4, 0.5) is 0 Å². The molecule has 5 aromatic rings. The zero-order valence-corrected chi connectivity index (χ0v) is 30.1. The Morgan fingerprint density at radius 3 is 1.84 bits per heavy atom. The minimum atomic E-state index is -4.27. The molecule has 0 aliphatic carbocycles. The second kappa shape index (κ2) is 13.6. The van der Waals surface area contributed by atoms with Crippen molar-refractivity contribution in [2.45, 2.75) is 32.4 Å². The summed E-state index contributed by atoms with van der Waals surface area (Å²) in [6.45, 7) is 7.94. The van der Waals surface area contributed by atoms with Crippen molar-refractivity contribution in [1.82, 2.24) is 14.9 Å². The zero-order valence-electron chi connectivity index (χ0n) is 25.2. The Kier molecular flexibility index (Phi) is 10.2. The first-order chi connectivity index (χ1) is 21.5. The van der Waals surface area contributed by atoms with Gasteiger partial charge in [0.15, 0.2) is 0 Å². The summed E-state index contributed by atoms with van der Waals surface area (Å²) in [6, 6.07) is 31.6. The number of hydrogen-bond donors (Lipinski definition) is 1. The van der Waals surface area contributed by atoms with Gasteiger partial charge in [-0.1, -0.05) is 19.6 Å². The van der Waals surface area contributed by atoms with E-state index in [1.165, 1.54) is 6.20 Å². The molecular weight excluding hydrogens is 683 g/mol. The average molecular weight is 718 g/mol. The van der Waals surface area contributed by atoms with Gasteiger partial charge in [0.05, 0.1) is 0 Å². The van der Waals surface area contributed by atoms with Gasteiger partial charge in [0.25, 0.3) is 0 Å². The number of carbonyl (C=O) groups excluding carboxylic acids is 1. The van der Waals surface area contributed by atoms with E-state index in [1.807, 2.05) is 108 Å². The summed E-state index contributed by atoms with van der Waals surface area (Å²) in [5.74, 6) is -4.81. The van der Waals surface area contributed by atoms with Gasteiger partial charge in [-0.15, -0.1) is 0 Å². The van der Waals surface area contributed by atoms with Gasteiger partial charge in [0.2, 0.25) is 0 Å². The van der Waals surface area contributed by atoms with Crippen molar-refractivity contribution >= 4 is 92.9 Å². The molecule has 0 bridgehead atoms. The van der Waals surface area contributed by atoms with Crippen molar-refractivity contribution in [3.63, 3.8) is 0 Å². The monoisotopic (exact) mass is 715 g/mol. The zero-order chi connectivity index (χ0) is 32.3. The van der Waals surface area contributed by atoms with E-state index in [0.29, 0.717) is 24.4 Å². The molecule has 45 heavy (non-hydrogen) atoms. The number of aromatic nitrogens is 2. The summed E-state index contributed by atoms with van der Waals surface area (Å²) >= 11 is 28.6. The van der Waals surface area contributed by atoms with E-state index >= 15 is 0 Å².